The molecule has 2 atom stereocenters. The Bertz CT molecular complexity index is 775. The highest BCUT2D eigenvalue weighted by atomic mass is 16.3. The summed E-state index contributed by atoms with van der Waals surface area (Å²) in [5, 5.41) is 6.52. The third-order valence-corrected chi connectivity index (χ3v) is 5.83. The number of hydrogen-bond donors (Lipinski definition) is 2. The molecule has 0 radical (unpaired) electrons. The van der Waals surface area contributed by atoms with E-state index in [4.69, 9.17) is 4.42 Å². The lowest BCUT2D eigenvalue weighted by Crippen LogP contribution is -2.62. The number of piperidine rings is 3. The van der Waals surface area contributed by atoms with Gasteiger partial charge in [0.15, 0.2) is 5.76 Å². The lowest BCUT2D eigenvalue weighted by atomic mass is 9.79. The summed E-state index contributed by atoms with van der Waals surface area (Å²) in [6.07, 6.45) is 2.35. The fraction of sp³-hybridized carbons (Fsp3) is 0.476. The van der Waals surface area contributed by atoms with E-state index in [9.17, 15) is 4.79 Å². The summed E-state index contributed by atoms with van der Waals surface area (Å²) in [7, 11) is 0. The first-order valence-electron chi connectivity index (χ1n) is 9.64. The Labute approximate surface area is 154 Å². The van der Waals surface area contributed by atoms with E-state index in [1.807, 2.05) is 30.3 Å². The number of carbonyl (C=O) groups excluding carboxylic acids is 1. The van der Waals surface area contributed by atoms with Crippen LogP contribution in [0.3, 0.4) is 0 Å². The van der Waals surface area contributed by atoms with Gasteiger partial charge in [0.1, 0.15) is 5.76 Å². The Morgan fingerprint density at radius 3 is 2.77 bits per heavy atom. The van der Waals surface area contributed by atoms with Crippen LogP contribution in [0.4, 0.5) is 5.69 Å². The van der Waals surface area contributed by atoms with Crippen LogP contribution in [0.5, 0.6) is 0 Å². The van der Waals surface area contributed by atoms with Gasteiger partial charge in [0.05, 0.1) is 0 Å². The molecule has 1 aromatic carbocycles. The maximum absolute atomic E-state index is 12.7. The van der Waals surface area contributed by atoms with Gasteiger partial charge in [-0.1, -0.05) is 12.1 Å². The van der Waals surface area contributed by atoms with Crippen molar-refractivity contribution in [2.45, 2.75) is 38.8 Å². The molecule has 0 spiro atoms. The van der Waals surface area contributed by atoms with Gasteiger partial charge >= 0.3 is 0 Å². The molecule has 0 aliphatic carbocycles. The summed E-state index contributed by atoms with van der Waals surface area (Å²) in [4.78, 5) is 15.2. The van der Waals surface area contributed by atoms with Crippen LogP contribution < -0.4 is 10.6 Å². The van der Waals surface area contributed by atoms with E-state index < -0.39 is 0 Å². The van der Waals surface area contributed by atoms with Crippen LogP contribution in [0.1, 0.15) is 37.2 Å². The standard InChI is InChI=1S/C21H27N3O2/c1-3-22-17-6-4-5-16(13-17)18-7-8-19(26-18)21(25)23-20-14(2)24-11-9-15(20)10-12-24/h4-8,13-15,20,22H,3,9-12H2,1-2H3,(H,23,25)/t14-,20+/m1/s1. The van der Waals surface area contributed by atoms with Crippen molar-refractivity contribution in [3.8, 4) is 11.3 Å². The van der Waals surface area contributed by atoms with Crippen LogP contribution in [0.15, 0.2) is 40.8 Å². The number of furan rings is 1. The maximum Gasteiger partial charge on any atom is 0.287 e. The van der Waals surface area contributed by atoms with Gasteiger partial charge in [0, 0.05) is 29.9 Å². The molecular formula is C21H27N3O2. The Kier molecular flexibility index (Phi) is 4.72. The average molecular weight is 353 g/mol. The molecule has 0 unspecified atom stereocenters. The van der Waals surface area contributed by atoms with Crippen molar-refractivity contribution in [3.63, 3.8) is 0 Å². The Morgan fingerprint density at radius 1 is 1.23 bits per heavy atom. The Balaban J connectivity index is 1.47. The monoisotopic (exact) mass is 353 g/mol. The maximum atomic E-state index is 12.7. The highest BCUT2D eigenvalue weighted by Crippen LogP contribution is 2.32. The van der Waals surface area contributed by atoms with Gasteiger partial charge in [-0.25, -0.2) is 0 Å². The molecule has 3 fully saturated rings. The van der Waals surface area contributed by atoms with E-state index in [1.165, 1.54) is 12.8 Å². The summed E-state index contributed by atoms with van der Waals surface area (Å²) in [6.45, 7) is 7.47. The molecule has 3 saturated heterocycles. The van der Waals surface area contributed by atoms with Crippen LogP contribution in [0, 0.1) is 5.92 Å². The van der Waals surface area contributed by atoms with E-state index in [0.29, 0.717) is 17.7 Å². The Morgan fingerprint density at radius 2 is 2.04 bits per heavy atom. The van der Waals surface area contributed by atoms with Crippen molar-refractivity contribution in [3.05, 3.63) is 42.2 Å². The summed E-state index contributed by atoms with van der Waals surface area (Å²) in [6, 6.07) is 12.3. The smallest absolute Gasteiger partial charge is 0.287 e. The van der Waals surface area contributed by atoms with Crippen LogP contribution in [-0.4, -0.2) is 42.5 Å². The molecular weight excluding hydrogens is 326 g/mol. The van der Waals surface area contributed by atoms with Crippen molar-refractivity contribution >= 4 is 11.6 Å². The second-order valence-corrected chi connectivity index (χ2v) is 7.39. The normalized spacial score (nSPS) is 27.3. The molecule has 2 bridgehead atoms. The van der Waals surface area contributed by atoms with Crippen molar-refractivity contribution in [2.24, 2.45) is 5.92 Å². The fourth-order valence-corrected chi connectivity index (χ4v) is 4.37. The molecule has 5 heteroatoms. The molecule has 1 amide bonds. The highest BCUT2D eigenvalue weighted by molar-refractivity contribution is 5.92. The molecule has 26 heavy (non-hydrogen) atoms. The first-order chi connectivity index (χ1) is 12.7. The highest BCUT2D eigenvalue weighted by Gasteiger charge is 2.40. The summed E-state index contributed by atoms with van der Waals surface area (Å²) in [5.41, 5.74) is 2.02. The lowest BCUT2D eigenvalue weighted by Gasteiger charge is -2.49. The van der Waals surface area contributed by atoms with Crippen LogP contribution >= 0.6 is 0 Å². The Hall–Kier alpha value is -2.27. The van der Waals surface area contributed by atoms with E-state index >= 15 is 0 Å². The van der Waals surface area contributed by atoms with Crippen molar-refractivity contribution in [1.82, 2.24) is 10.2 Å². The van der Waals surface area contributed by atoms with Gasteiger partial charge in [0.2, 0.25) is 0 Å². The molecule has 1 aromatic heterocycles. The fourth-order valence-electron chi connectivity index (χ4n) is 4.37. The molecule has 2 aromatic rings. The predicted molar refractivity (Wildman–Crippen MR) is 103 cm³/mol. The van der Waals surface area contributed by atoms with E-state index in [1.54, 1.807) is 6.07 Å². The molecule has 3 aliphatic rings. The van der Waals surface area contributed by atoms with Crippen LogP contribution in [0.25, 0.3) is 11.3 Å². The minimum Gasteiger partial charge on any atom is -0.451 e. The molecule has 138 valence electrons. The summed E-state index contributed by atoms with van der Waals surface area (Å²) in [5.74, 6) is 1.59. The number of fused-ring (bicyclic) bond motifs is 3. The first-order valence-corrected chi connectivity index (χ1v) is 9.64. The number of carbonyl (C=O) groups is 1. The van der Waals surface area contributed by atoms with E-state index in [-0.39, 0.29) is 11.9 Å². The molecule has 4 heterocycles. The third-order valence-electron chi connectivity index (χ3n) is 5.83. The van der Waals surface area contributed by atoms with E-state index in [0.717, 1.165) is 36.6 Å². The van der Waals surface area contributed by atoms with Crippen molar-refractivity contribution < 1.29 is 9.21 Å². The number of benzene rings is 1. The molecule has 5 rings (SSSR count). The topological polar surface area (TPSA) is 57.5 Å². The van der Waals surface area contributed by atoms with Crippen LogP contribution in [-0.2, 0) is 0 Å². The quantitative estimate of drug-likeness (QED) is 0.862. The largest absolute Gasteiger partial charge is 0.451 e. The number of nitrogens with zero attached hydrogens (tertiary/aromatic N) is 1. The van der Waals surface area contributed by atoms with Gasteiger partial charge in [-0.2, -0.15) is 0 Å². The van der Waals surface area contributed by atoms with Gasteiger partial charge in [-0.15, -0.1) is 0 Å². The molecule has 0 saturated carbocycles. The lowest BCUT2D eigenvalue weighted by molar-refractivity contribution is 0.0211. The molecule has 3 aliphatic heterocycles. The van der Waals surface area contributed by atoms with Gasteiger partial charge in [-0.05, 0) is 70.0 Å². The minimum absolute atomic E-state index is 0.107. The second-order valence-electron chi connectivity index (χ2n) is 7.39. The molecule has 2 N–H and O–H groups in total. The molecule has 5 nitrogen and oxygen atoms in total. The predicted octanol–water partition coefficient (Wildman–Crippen LogP) is 3.59. The van der Waals surface area contributed by atoms with Gasteiger partial charge < -0.3 is 15.1 Å². The second kappa shape index (κ2) is 7.16. The third kappa shape index (κ3) is 3.23. The zero-order chi connectivity index (χ0) is 18.1. The van der Waals surface area contributed by atoms with Crippen molar-refractivity contribution in [1.29, 1.82) is 0 Å². The number of nitrogens with one attached hydrogen (secondary N) is 2. The van der Waals surface area contributed by atoms with Crippen molar-refractivity contribution in [2.75, 3.05) is 25.0 Å². The summed E-state index contributed by atoms with van der Waals surface area (Å²) < 4.78 is 5.87. The zero-order valence-corrected chi connectivity index (χ0v) is 15.5. The SMILES string of the molecule is CCNc1cccc(-c2ccc(C(=O)N[C@@H]3C4CCN(CC4)[C@@H]3C)o2)c1. The summed E-state index contributed by atoms with van der Waals surface area (Å²) >= 11 is 0. The number of rotatable bonds is 5. The number of anilines is 1. The zero-order valence-electron chi connectivity index (χ0n) is 15.5. The minimum atomic E-state index is -0.107. The number of amides is 1. The van der Waals surface area contributed by atoms with E-state index in [2.05, 4.69) is 29.4 Å². The van der Waals surface area contributed by atoms with Crippen LogP contribution in [0.2, 0.25) is 0 Å². The average Bonchev–Trinajstić information content (AvgIpc) is 3.16. The van der Waals surface area contributed by atoms with Gasteiger partial charge in [0.25, 0.3) is 5.91 Å². The first kappa shape index (κ1) is 17.2. The van der Waals surface area contributed by atoms with Gasteiger partial charge in [-0.3, -0.25) is 9.69 Å². The number of hydrogen-bond acceptors (Lipinski definition) is 4.